The Kier molecular flexibility index (Phi) is 3.61. The molecule has 0 radical (unpaired) electrons. The van der Waals surface area contributed by atoms with Crippen LogP contribution in [-0.4, -0.2) is 27.2 Å². The molecule has 2 rings (SSSR count). The van der Waals surface area contributed by atoms with Crippen LogP contribution >= 0.6 is 0 Å². The van der Waals surface area contributed by atoms with E-state index in [1.165, 1.54) is 25.7 Å². The Morgan fingerprint density at radius 2 is 2.31 bits per heavy atom. The Morgan fingerprint density at radius 3 is 2.94 bits per heavy atom. The number of aliphatic hydroxyl groups is 1. The number of nitrogens with one attached hydrogen (secondary N) is 2. The number of aromatic nitrogens is 2. The summed E-state index contributed by atoms with van der Waals surface area (Å²) >= 11 is 0. The molecular weight excluding hydrogens is 202 g/mol. The van der Waals surface area contributed by atoms with Crippen LogP contribution in [-0.2, 0) is 6.54 Å². The van der Waals surface area contributed by atoms with Crippen molar-refractivity contribution in [1.29, 1.82) is 0 Å². The molecule has 16 heavy (non-hydrogen) atoms. The van der Waals surface area contributed by atoms with E-state index in [-0.39, 0.29) is 0 Å². The number of hydrogen-bond acceptors (Lipinski definition) is 3. The van der Waals surface area contributed by atoms with Crippen molar-refractivity contribution < 1.29 is 5.11 Å². The summed E-state index contributed by atoms with van der Waals surface area (Å²) in [6.45, 7) is 3.34. The van der Waals surface area contributed by atoms with Gasteiger partial charge >= 0.3 is 0 Å². The predicted molar refractivity (Wildman–Crippen MR) is 62.9 cm³/mol. The summed E-state index contributed by atoms with van der Waals surface area (Å²) in [5, 5.41) is 13.6. The van der Waals surface area contributed by atoms with Crippen molar-refractivity contribution >= 4 is 0 Å². The number of rotatable bonds is 5. The van der Waals surface area contributed by atoms with Gasteiger partial charge in [-0.3, -0.25) is 0 Å². The summed E-state index contributed by atoms with van der Waals surface area (Å²) < 4.78 is 0. The van der Waals surface area contributed by atoms with Gasteiger partial charge in [-0.05, 0) is 25.7 Å². The van der Waals surface area contributed by atoms with Gasteiger partial charge in [0, 0.05) is 25.0 Å². The highest BCUT2D eigenvalue weighted by molar-refractivity contribution is 4.94. The van der Waals surface area contributed by atoms with Crippen molar-refractivity contribution in [3.05, 3.63) is 18.2 Å². The van der Waals surface area contributed by atoms with Crippen LogP contribution in [0, 0.1) is 5.92 Å². The van der Waals surface area contributed by atoms with Crippen LogP contribution in [0.1, 0.15) is 38.3 Å². The fourth-order valence-electron chi connectivity index (χ4n) is 2.52. The Labute approximate surface area is 96.5 Å². The van der Waals surface area contributed by atoms with Crippen molar-refractivity contribution in [2.24, 2.45) is 5.92 Å². The van der Waals surface area contributed by atoms with Gasteiger partial charge in [0.2, 0.25) is 0 Å². The molecule has 1 aromatic rings. The molecule has 0 saturated heterocycles. The summed E-state index contributed by atoms with van der Waals surface area (Å²) in [5.41, 5.74) is 0.485. The first-order valence-electron chi connectivity index (χ1n) is 6.09. The summed E-state index contributed by atoms with van der Waals surface area (Å²) in [7, 11) is 0. The van der Waals surface area contributed by atoms with Gasteiger partial charge in [0.05, 0.1) is 11.9 Å². The largest absolute Gasteiger partial charge is 0.389 e. The molecule has 1 aliphatic carbocycles. The molecule has 1 unspecified atom stereocenters. The Hall–Kier alpha value is -0.870. The van der Waals surface area contributed by atoms with Gasteiger partial charge < -0.3 is 15.4 Å². The maximum atomic E-state index is 10.4. The Morgan fingerprint density at radius 1 is 1.56 bits per heavy atom. The van der Waals surface area contributed by atoms with E-state index in [1.54, 1.807) is 12.5 Å². The van der Waals surface area contributed by atoms with E-state index in [0.717, 1.165) is 12.2 Å². The zero-order valence-corrected chi connectivity index (χ0v) is 9.87. The van der Waals surface area contributed by atoms with Gasteiger partial charge in [0.15, 0.2) is 0 Å². The summed E-state index contributed by atoms with van der Waals surface area (Å²) in [4.78, 5) is 6.99. The first-order valence-corrected chi connectivity index (χ1v) is 6.09. The summed E-state index contributed by atoms with van der Waals surface area (Å²) in [5.74, 6) is 0.460. The summed E-state index contributed by atoms with van der Waals surface area (Å²) in [6, 6.07) is 0. The van der Waals surface area contributed by atoms with E-state index in [9.17, 15) is 5.11 Å². The smallest absolute Gasteiger partial charge is 0.0922 e. The average Bonchev–Trinajstić information content (AvgIpc) is 2.90. The second-order valence-corrected chi connectivity index (χ2v) is 5.02. The highest BCUT2D eigenvalue weighted by Gasteiger charge is 2.33. The van der Waals surface area contributed by atoms with E-state index >= 15 is 0 Å². The fraction of sp³-hybridized carbons (Fsp3) is 0.750. The zero-order valence-electron chi connectivity index (χ0n) is 9.87. The minimum absolute atomic E-state index is 0.460. The van der Waals surface area contributed by atoms with Crippen LogP contribution in [0.15, 0.2) is 12.5 Å². The molecule has 3 N–H and O–H groups in total. The van der Waals surface area contributed by atoms with E-state index < -0.39 is 5.60 Å². The van der Waals surface area contributed by atoms with Crippen LogP contribution in [0.25, 0.3) is 0 Å². The Balaban J connectivity index is 1.75. The molecule has 90 valence electrons. The number of nitrogens with zero attached hydrogens (tertiary/aromatic N) is 1. The first kappa shape index (κ1) is 11.6. The van der Waals surface area contributed by atoms with E-state index in [2.05, 4.69) is 15.3 Å². The quantitative estimate of drug-likeness (QED) is 0.708. The second-order valence-electron chi connectivity index (χ2n) is 5.02. The van der Waals surface area contributed by atoms with Crippen molar-refractivity contribution in [3.8, 4) is 0 Å². The van der Waals surface area contributed by atoms with Gasteiger partial charge in [-0.15, -0.1) is 0 Å². The lowest BCUT2D eigenvalue weighted by atomic mass is 9.88. The predicted octanol–water partition coefficient (Wildman–Crippen LogP) is 1.44. The molecule has 0 amide bonds. The first-order chi connectivity index (χ1) is 7.68. The van der Waals surface area contributed by atoms with Crippen LogP contribution < -0.4 is 5.32 Å². The van der Waals surface area contributed by atoms with Crippen molar-refractivity contribution in [2.45, 2.75) is 44.8 Å². The third kappa shape index (κ3) is 2.83. The SMILES string of the molecule is CC(O)(CNCc1cnc[nH]1)C1CCCC1. The third-order valence-electron chi connectivity index (χ3n) is 3.59. The molecule has 1 aromatic heterocycles. The molecular formula is C12H21N3O. The molecule has 1 heterocycles. The lowest BCUT2D eigenvalue weighted by Gasteiger charge is -2.30. The van der Waals surface area contributed by atoms with Crippen molar-refractivity contribution in [1.82, 2.24) is 15.3 Å². The number of aromatic amines is 1. The van der Waals surface area contributed by atoms with Gasteiger partial charge in [-0.2, -0.15) is 0 Å². The van der Waals surface area contributed by atoms with Gasteiger partial charge in [0.1, 0.15) is 0 Å². The lowest BCUT2D eigenvalue weighted by molar-refractivity contribution is 0.00211. The molecule has 1 aliphatic rings. The normalized spacial score (nSPS) is 21.1. The molecule has 1 atom stereocenters. The third-order valence-corrected chi connectivity index (χ3v) is 3.59. The molecule has 1 saturated carbocycles. The molecule has 4 heteroatoms. The lowest BCUT2D eigenvalue weighted by Crippen LogP contribution is -2.43. The second kappa shape index (κ2) is 4.97. The fourth-order valence-corrected chi connectivity index (χ4v) is 2.52. The van der Waals surface area contributed by atoms with E-state index in [4.69, 9.17) is 0 Å². The van der Waals surface area contributed by atoms with E-state index in [1.807, 2.05) is 6.92 Å². The molecule has 1 fully saturated rings. The minimum atomic E-state index is -0.573. The maximum Gasteiger partial charge on any atom is 0.0922 e. The molecule has 4 nitrogen and oxygen atoms in total. The monoisotopic (exact) mass is 223 g/mol. The van der Waals surface area contributed by atoms with E-state index in [0.29, 0.717) is 12.5 Å². The highest BCUT2D eigenvalue weighted by atomic mass is 16.3. The van der Waals surface area contributed by atoms with Crippen LogP contribution in [0.2, 0.25) is 0 Å². The number of H-pyrrole nitrogens is 1. The number of hydrogen-bond donors (Lipinski definition) is 3. The number of imidazole rings is 1. The highest BCUT2D eigenvalue weighted by Crippen LogP contribution is 2.33. The maximum absolute atomic E-state index is 10.4. The summed E-state index contributed by atoms with van der Waals surface area (Å²) in [6.07, 6.45) is 8.34. The van der Waals surface area contributed by atoms with Gasteiger partial charge in [-0.25, -0.2) is 4.98 Å². The standard InChI is InChI=1S/C12H21N3O/c1-12(16,10-4-2-3-5-10)8-13-6-11-7-14-9-15-11/h7,9-10,13,16H,2-6,8H2,1H3,(H,14,15). The molecule has 0 aliphatic heterocycles. The Bertz CT molecular complexity index is 302. The van der Waals surface area contributed by atoms with Gasteiger partial charge in [-0.1, -0.05) is 12.8 Å². The average molecular weight is 223 g/mol. The molecule has 0 bridgehead atoms. The van der Waals surface area contributed by atoms with Gasteiger partial charge in [0.25, 0.3) is 0 Å². The zero-order chi connectivity index (χ0) is 11.4. The van der Waals surface area contributed by atoms with Crippen LogP contribution in [0.5, 0.6) is 0 Å². The van der Waals surface area contributed by atoms with Crippen LogP contribution in [0.4, 0.5) is 0 Å². The minimum Gasteiger partial charge on any atom is -0.389 e. The topological polar surface area (TPSA) is 60.9 Å². The molecule has 0 spiro atoms. The molecule has 0 aromatic carbocycles. The van der Waals surface area contributed by atoms with Crippen molar-refractivity contribution in [2.75, 3.05) is 6.54 Å². The van der Waals surface area contributed by atoms with Crippen LogP contribution in [0.3, 0.4) is 0 Å². The van der Waals surface area contributed by atoms with Crippen molar-refractivity contribution in [3.63, 3.8) is 0 Å².